The number of pyridine rings is 1. The Morgan fingerprint density at radius 2 is 2.00 bits per heavy atom. The Morgan fingerprint density at radius 3 is 2.67 bits per heavy atom. The van der Waals surface area contributed by atoms with Gasteiger partial charge in [-0.1, -0.05) is 6.07 Å². The molecule has 1 fully saturated rings. The van der Waals surface area contributed by atoms with Crippen molar-refractivity contribution in [2.75, 3.05) is 13.1 Å². The molecule has 1 N–H and O–H groups in total. The molecule has 0 unspecified atom stereocenters. The molecule has 0 aliphatic carbocycles. The molecule has 2 heterocycles. The second-order valence-corrected chi connectivity index (χ2v) is 6.78. The van der Waals surface area contributed by atoms with Gasteiger partial charge >= 0.3 is 0 Å². The molecular formula is C15H25N3. The zero-order valence-electron chi connectivity index (χ0n) is 12.2. The molecule has 1 aliphatic rings. The summed E-state index contributed by atoms with van der Waals surface area (Å²) in [5.41, 5.74) is 2.92. The van der Waals surface area contributed by atoms with Crippen LogP contribution in [0.2, 0.25) is 0 Å². The van der Waals surface area contributed by atoms with Crippen LogP contribution < -0.4 is 5.32 Å². The molecule has 1 aromatic rings. The van der Waals surface area contributed by atoms with Gasteiger partial charge in [0.05, 0.1) is 0 Å². The number of aromatic nitrogens is 1. The van der Waals surface area contributed by atoms with Crippen molar-refractivity contribution in [1.29, 1.82) is 0 Å². The van der Waals surface area contributed by atoms with Gasteiger partial charge in [-0.15, -0.1) is 0 Å². The molecule has 2 rings (SSSR count). The minimum Gasteiger partial charge on any atom is -0.309 e. The molecule has 1 aromatic heterocycles. The molecule has 0 spiro atoms. The highest BCUT2D eigenvalue weighted by Gasteiger charge is 2.37. The Bertz CT molecular complexity index is 424. The van der Waals surface area contributed by atoms with E-state index >= 15 is 0 Å². The molecule has 0 aromatic carbocycles. The summed E-state index contributed by atoms with van der Waals surface area (Å²) in [6.07, 6.45) is 3.90. The van der Waals surface area contributed by atoms with Gasteiger partial charge in [0.1, 0.15) is 0 Å². The van der Waals surface area contributed by atoms with E-state index in [1.807, 2.05) is 12.4 Å². The van der Waals surface area contributed by atoms with Gasteiger partial charge in [-0.3, -0.25) is 9.88 Å². The topological polar surface area (TPSA) is 28.2 Å². The van der Waals surface area contributed by atoms with Crippen molar-refractivity contribution < 1.29 is 0 Å². The third-order valence-corrected chi connectivity index (χ3v) is 3.75. The average molecular weight is 247 g/mol. The fourth-order valence-corrected chi connectivity index (χ4v) is 2.51. The van der Waals surface area contributed by atoms with Crippen molar-refractivity contribution in [1.82, 2.24) is 15.2 Å². The maximum atomic E-state index is 4.29. The fraction of sp³-hybridized carbons (Fsp3) is 0.667. The van der Waals surface area contributed by atoms with E-state index in [9.17, 15) is 0 Å². The molecule has 100 valence electrons. The summed E-state index contributed by atoms with van der Waals surface area (Å²) in [6.45, 7) is 14.3. The number of nitrogens with zero attached hydrogens (tertiary/aromatic N) is 2. The van der Waals surface area contributed by atoms with Crippen LogP contribution in [0, 0.1) is 6.92 Å². The second-order valence-electron chi connectivity index (χ2n) is 6.78. The highest BCUT2D eigenvalue weighted by atomic mass is 15.3. The van der Waals surface area contributed by atoms with Gasteiger partial charge in [-0.05, 0) is 45.7 Å². The summed E-state index contributed by atoms with van der Waals surface area (Å²) in [5.74, 6) is 0. The monoisotopic (exact) mass is 247 g/mol. The molecule has 3 heteroatoms. The number of aryl methyl sites for hydroxylation is 1. The van der Waals surface area contributed by atoms with Crippen molar-refractivity contribution in [3.63, 3.8) is 0 Å². The lowest BCUT2D eigenvalue weighted by Gasteiger charge is -2.49. The molecule has 18 heavy (non-hydrogen) atoms. The van der Waals surface area contributed by atoms with Crippen LogP contribution in [0.1, 0.15) is 38.8 Å². The smallest absolute Gasteiger partial charge is 0.0313 e. The Hall–Kier alpha value is -0.930. The van der Waals surface area contributed by atoms with E-state index < -0.39 is 0 Å². The van der Waals surface area contributed by atoms with Crippen LogP contribution in [0.15, 0.2) is 18.5 Å². The van der Waals surface area contributed by atoms with Gasteiger partial charge in [-0.2, -0.15) is 0 Å². The number of hydrogen-bond acceptors (Lipinski definition) is 3. The van der Waals surface area contributed by atoms with Gasteiger partial charge in [0.15, 0.2) is 0 Å². The zero-order valence-corrected chi connectivity index (χ0v) is 12.2. The predicted octanol–water partition coefficient (Wildman–Crippen LogP) is 2.35. The first-order valence-electron chi connectivity index (χ1n) is 6.69. The van der Waals surface area contributed by atoms with Crippen LogP contribution in [-0.4, -0.2) is 34.1 Å². The van der Waals surface area contributed by atoms with Gasteiger partial charge in [0.25, 0.3) is 0 Å². The highest BCUT2D eigenvalue weighted by Crippen LogP contribution is 2.25. The number of piperazine rings is 1. The van der Waals surface area contributed by atoms with E-state index in [1.54, 1.807) is 0 Å². The summed E-state index contributed by atoms with van der Waals surface area (Å²) in [7, 11) is 0. The van der Waals surface area contributed by atoms with Crippen molar-refractivity contribution >= 4 is 0 Å². The lowest BCUT2D eigenvalue weighted by molar-refractivity contribution is 0.0323. The molecule has 0 saturated carbocycles. The van der Waals surface area contributed by atoms with Crippen molar-refractivity contribution in [3.8, 4) is 0 Å². The van der Waals surface area contributed by atoms with E-state index in [-0.39, 0.29) is 11.1 Å². The summed E-state index contributed by atoms with van der Waals surface area (Å²) in [5, 5.41) is 3.62. The van der Waals surface area contributed by atoms with Crippen molar-refractivity contribution in [2.45, 2.75) is 52.2 Å². The largest absolute Gasteiger partial charge is 0.309 e. The molecule has 1 saturated heterocycles. The van der Waals surface area contributed by atoms with Gasteiger partial charge in [-0.25, -0.2) is 0 Å². The number of hydrogen-bond donors (Lipinski definition) is 1. The van der Waals surface area contributed by atoms with Crippen LogP contribution in [0.4, 0.5) is 0 Å². The van der Waals surface area contributed by atoms with E-state index in [2.05, 4.69) is 55.9 Å². The first-order chi connectivity index (χ1) is 8.28. The summed E-state index contributed by atoms with van der Waals surface area (Å²) >= 11 is 0. The quantitative estimate of drug-likeness (QED) is 0.869. The summed E-state index contributed by atoms with van der Waals surface area (Å²) in [4.78, 5) is 6.85. The minimum absolute atomic E-state index is 0.187. The highest BCUT2D eigenvalue weighted by molar-refractivity contribution is 5.17. The first-order valence-corrected chi connectivity index (χ1v) is 6.69. The molecule has 0 atom stereocenters. The SMILES string of the molecule is Cc1cncc(CN2CC(C)(C)NCC2(C)C)c1. The standard InChI is InChI=1S/C15H25N3/c1-12-6-13(8-16-7-12)9-18-11-14(2,3)17-10-15(18,4)5/h6-8,17H,9-11H2,1-5H3. The van der Waals surface area contributed by atoms with Crippen LogP contribution in [0.5, 0.6) is 0 Å². The summed E-state index contributed by atoms with van der Waals surface area (Å²) < 4.78 is 0. The van der Waals surface area contributed by atoms with Crippen molar-refractivity contribution in [2.24, 2.45) is 0 Å². The third-order valence-electron chi connectivity index (χ3n) is 3.75. The molecular weight excluding hydrogens is 222 g/mol. The molecule has 0 radical (unpaired) electrons. The molecule has 0 amide bonds. The van der Waals surface area contributed by atoms with Crippen LogP contribution in [0.25, 0.3) is 0 Å². The lowest BCUT2D eigenvalue weighted by atomic mass is 9.91. The fourth-order valence-electron chi connectivity index (χ4n) is 2.51. The first kappa shape index (κ1) is 13.5. The molecule has 0 bridgehead atoms. The second kappa shape index (κ2) is 4.63. The number of nitrogens with one attached hydrogen (secondary N) is 1. The maximum absolute atomic E-state index is 4.29. The number of rotatable bonds is 2. The Balaban J connectivity index is 2.15. The van der Waals surface area contributed by atoms with Crippen LogP contribution in [-0.2, 0) is 6.54 Å². The van der Waals surface area contributed by atoms with Gasteiger partial charge in [0, 0.05) is 43.1 Å². The minimum atomic E-state index is 0.187. The third kappa shape index (κ3) is 3.09. The predicted molar refractivity (Wildman–Crippen MR) is 75.5 cm³/mol. The van der Waals surface area contributed by atoms with Crippen molar-refractivity contribution in [3.05, 3.63) is 29.6 Å². The average Bonchev–Trinajstić information content (AvgIpc) is 2.24. The lowest BCUT2D eigenvalue weighted by Crippen LogP contribution is -2.65. The Labute approximate surface area is 111 Å². The zero-order chi connectivity index (χ0) is 13.4. The van der Waals surface area contributed by atoms with E-state index in [4.69, 9.17) is 0 Å². The van der Waals surface area contributed by atoms with Gasteiger partial charge in [0.2, 0.25) is 0 Å². The van der Waals surface area contributed by atoms with Gasteiger partial charge < -0.3 is 5.32 Å². The van der Waals surface area contributed by atoms with Crippen LogP contribution in [0.3, 0.4) is 0 Å². The van der Waals surface area contributed by atoms with E-state index in [0.29, 0.717) is 0 Å². The maximum Gasteiger partial charge on any atom is 0.0313 e. The van der Waals surface area contributed by atoms with E-state index in [0.717, 1.165) is 19.6 Å². The Morgan fingerprint density at radius 1 is 1.28 bits per heavy atom. The summed E-state index contributed by atoms with van der Waals surface area (Å²) in [6, 6.07) is 2.23. The molecule has 3 nitrogen and oxygen atoms in total. The van der Waals surface area contributed by atoms with E-state index in [1.165, 1.54) is 11.1 Å². The van der Waals surface area contributed by atoms with Crippen LogP contribution >= 0.6 is 0 Å². The Kier molecular flexibility index (Phi) is 3.47. The molecule has 1 aliphatic heterocycles. The normalized spacial score (nSPS) is 22.9.